The van der Waals surface area contributed by atoms with Crippen LogP contribution in [0.15, 0.2) is 82.1 Å². The summed E-state index contributed by atoms with van der Waals surface area (Å²) in [6.45, 7) is -0.0317. The largest absolute Gasteiger partial charge is 0.326 e. The molecule has 1 N–H and O–H groups in total. The van der Waals surface area contributed by atoms with Gasteiger partial charge < -0.3 is 5.32 Å². The Kier molecular flexibility index (Phi) is 5.72. The van der Waals surface area contributed by atoms with Crippen LogP contribution in [0.25, 0.3) is 10.8 Å². The van der Waals surface area contributed by atoms with Crippen molar-refractivity contribution in [1.82, 2.24) is 9.78 Å². The van der Waals surface area contributed by atoms with Gasteiger partial charge in [-0.2, -0.15) is 5.10 Å². The van der Waals surface area contributed by atoms with Crippen LogP contribution < -0.4 is 10.9 Å². The summed E-state index contributed by atoms with van der Waals surface area (Å²) in [5, 5.41) is 8.28. The van der Waals surface area contributed by atoms with Crippen molar-refractivity contribution in [3.05, 3.63) is 105 Å². The topological polar surface area (TPSA) is 64.0 Å². The molecule has 4 rings (SSSR count). The lowest BCUT2D eigenvalue weighted by Crippen LogP contribution is -2.27. The first kappa shape index (κ1) is 20.0. The lowest BCUT2D eigenvalue weighted by atomic mass is 10.1. The van der Waals surface area contributed by atoms with Crippen molar-refractivity contribution >= 4 is 38.3 Å². The summed E-state index contributed by atoms with van der Waals surface area (Å²) in [6.07, 6.45) is -0.0154. The molecular formula is C23H17BrFN3O2. The number of halogens is 2. The molecule has 0 saturated carbocycles. The quantitative estimate of drug-likeness (QED) is 0.470. The number of rotatable bonds is 5. The van der Waals surface area contributed by atoms with Gasteiger partial charge >= 0.3 is 0 Å². The molecule has 0 saturated heterocycles. The van der Waals surface area contributed by atoms with Crippen LogP contribution in [-0.2, 0) is 17.8 Å². The lowest BCUT2D eigenvalue weighted by Gasteiger charge is -2.12. The fraction of sp³-hybridized carbons (Fsp3) is 0.0870. The summed E-state index contributed by atoms with van der Waals surface area (Å²) in [7, 11) is 0. The minimum absolute atomic E-state index is 0.0154. The van der Waals surface area contributed by atoms with Crippen LogP contribution in [0.2, 0.25) is 0 Å². The molecule has 150 valence electrons. The Morgan fingerprint density at radius 1 is 1.00 bits per heavy atom. The second kappa shape index (κ2) is 8.59. The molecule has 30 heavy (non-hydrogen) atoms. The Hall–Kier alpha value is -3.32. The van der Waals surface area contributed by atoms with Gasteiger partial charge in [0.1, 0.15) is 5.82 Å². The summed E-state index contributed by atoms with van der Waals surface area (Å²) in [4.78, 5) is 25.5. The van der Waals surface area contributed by atoms with Gasteiger partial charge in [0.2, 0.25) is 5.91 Å². The van der Waals surface area contributed by atoms with Gasteiger partial charge in [0.25, 0.3) is 5.56 Å². The number of hydrogen-bond acceptors (Lipinski definition) is 3. The number of para-hydroxylation sites is 1. The summed E-state index contributed by atoms with van der Waals surface area (Å²) in [6, 6.07) is 20.8. The highest BCUT2D eigenvalue weighted by molar-refractivity contribution is 9.10. The minimum atomic E-state index is -0.436. The predicted octanol–water partition coefficient (Wildman–Crippen LogP) is 4.53. The number of aromatic nitrogens is 2. The maximum Gasteiger partial charge on any atom is 0.274 e. The van der Waals surface area contributed by atoms with E-state index in [1.807, 2.05) is 18.2 Å². The van der Waals surface area contributed by atoms with Gasteiger partial charge in [0.05, 0.1) is 24.0 Å². The van der Waals surface area contributed by atoms with E-state index < -0.39 is 5.82 Å². The molecule has 1 aromatic heterocycles. The van der Waals surface area contributed by atoms with Crippen LogP contribution in [0.5, 0.6) is 0 Å². The number of benzene rings is 3. The zero-order chi connectivity index (χ0) is 21.1. The highest BCUT2D eigenvalue weighted by Gasteiger charge is 2.15. The Morgan fingerprint density at radius 2 is 1.70 bits per heavy atom. The van der Waals surface area contributed by atoms with Gasteiger partial charge in [-0.15, -0.1) is 0 Å². The summed E-state index contributed by atoms with van der Waals surface area (Å²) in [5.74, 6) is -0.687. The second-order valence-corrected chi connectivity index (χ2v) is 7.70. The molecule has 0 aliphatic heterocycles. The molecule has 4 aromatic rings. The van der Waals surface area contributed by atoms with Crippen LogP contribution in [0.4, 0.5) is 10.1 Å². The van der Waals surface area contributed by atoms with E-state index >= 15 is 0 Å². The number of nitrogens with zero attached hydrogens (tertiary/aromatic N) is 2. The van der Waals surface area contributed by atoms with Crippen LogP contribution in [-0.4, -0.2) is 15.7 Å². The molecule has 1 heterocycles. The van der Waals surface area contributed by atoms with Gasteiger partial charge in [-0.3, -0.25) is 9.59 Å². The Balaban J connectivity index is 1.71. The third-order valence-corrected chi connectivity index (χ3v) is 5.16. The van der Waals surface area contributed by atoms with E-state index in [0.717, 1.165) is 0 Å². The van der Waals surface area contributed by atoms with E-state index in [-0.39, 0.29) is 24.4 Å². The van der Waals surface area contributed by atoms with Crippen LogP contribution in [0.1, 0.15) is 11.3 Å². The van der Waals surface area contributed by atoms with Gasteiger partial charge in [0, 0.05) is 21.1 Å². The molecule has 0 bridgehead atoms. The molecule has 0 atom stereocenters. The van der Waals surface area contributed by atoms with Crippen LogP contribution in [0.3, 0.4) is 0 Å². The SMILES string of the molecule is O=C(Cc1nn(Cc2ccc(Br)cc2F)c(=O)c2ccccc12)Nc1ccccc1. The predicted molar refractivity (Wildman–Crippen MR) is 118 cm³/mol. The van der Waals surface area contributed by atoms with Crippen LogP contribution >= 0.6 is 15.9 Å². The fourth-order valence-corrected chi connectivity index (χ4v) is 3.57. The molecule has 0 radical (unpaired) electrons. The molecule has 5 nitrogen and oxygen atoms in total. The molecular weight excluding hydrogens is 449 g/mol. The minimum Gasteiger partial charge on any atom is -0.326 e. The summed E-state index contributed by atoms with van der Waals surface area (Å²) >= 11 is 3.23. The van der Waals surface area contributed by atoms with Gasteiger partial charge in [0.15, 0.2) is 0 Å². The van der Waals surface area contributed by atoms with Crippen molar-refractivity contribution in [1.29, 1.82) is 0 Å². The van der Waals surface area contributed by atoms with E-state index in [4.69, 9.17) is 0 Å². The molecule has 0 spiro atoms. The average molecular weight is 466 g/mol. The number of hydrogen-bond donors (Lipinski definition) is 1. The fourth-order valence-electron chi connectivity index (χ4n) is 3.23. The molecule has 3 aromatic carbocycles. The normalized spacial score (nSPS) is 10.9. The Morgan fingerprint density at radius 3 is 2.43 bits per heavy atom. The highest BCUT2D eigenvalue weighted by atomic mass is 79.9. The van der Waals surface area contributed by atoms with Crippen molar-refractivity contribution in [3.8, 4) is 0 Å². The smallest absolute Gasteiger partial charge is 0.274 e. The lowest BCUT2D eigenvalue weighted by molar-refractivity contribution is -0.115. The van der Waals surface area contributed by atoms with Crippen LogP contribution in [0, 0.1) is 5.82 Å². The first-order valence-electron chi connectivity index (χ1n) is 9.29. The van der Waals surface area contributed by atoms with Gasteiger partial charge in [-0.05, 0) is 30.3 Å². The van der Waals surface area contributed by atoms with Crippen molar-refractivity contribution in [2.45, 2.75) is 13.0 Å². The van der Waals surface area contributed by atoms with E-state index in [1.54, 1.807) is 48.5 Å². The summed E-state index contributed by atoms with van der Waals surface area (Å²) in [5.41, 5.74) is 1.14. The molecule has 0 aliphatic rings. The van der Waals surface area contributed by atoms with E-state index in [1.165, 1.54) is 10.7 Å². The zero-order valence-electron chi connectivity index (χ0n) is 15.8. The maximum atomic E-state index is 14.3. The zero-order valence-corrected chi connectivity index (χ0v) is 17.4. The van der Waals surface area contributed by atoms with Crippen molar-refractivity contribution in [3.63, 3.8) is 0 Å². The first-order valence-corrected chi connectivity index (χ1v) is 10.1. The number of amides is 1. The van der Waals surface area contributed by atoms with Crippen molar-refractivity contribution in [2.24, 2.45) is 0 Å². The van der Waals surface area contributed by atoms with E-state index in [9.17, 15) is 14.0 Å². The molecule has 0 unspecified atom stereocenters. The van der Waals surface area contributed by atoms with Gasteiger partial charge in [-0.1, -0.05) is 58.4 Å². The highest BCUT2D eigenvalue weighted by Crippen LogP contribution is 2.18. The molecule has 1 amide bonds. The number of nitrogens with one attached hydrogen (secondary N) is 1. The second-order valence-electron chi connectivity index (χ2n) is 6.78. The molecule has 0 fully saturated rings. The Bertz CT molecular complexity index is 1290. The monoisotopic (exact) mass is 465 g/mol. The number of fused-ring (bicyclic) bond motifs is 1. The van der Waals surface area contributed by atoms with Crippen molar-refractivity contribution < 1.29 is 9.18 Å². The number of anilines is 1. The number of carbonyl (C=O) groups is 1. The molecule has 7 heteroatoms. The standard InChI is InChI=1S/C23H17BrFN3O2/c24-16-11-10-15(20(25)12-16)14-28-23(30)19-9-5-4-8-18(19)21(27-28)13-22(29)26-17-6-2-1-3-7-17/h1-12H,13-14H2,(H,26,29). The molecule has 0 aliphatic carbocycles. The Labute approximate surface area is 180 Å². The van der Waals surface area contributed by atoms with E-state index in [0.29, 0.717) is 32.2 Å². The van der Waals surface area contributed by atoms with Gasteiger partial charge in [-0.25, -0.2) is 9.07 Å². The average Bonchev–Trinajstić information content (AvgIpc) is 2.74. The summed E-state index contributed by atoms with van der Waals surface area (Å²) < 4.78 is 16.1. The van der Waals surface area contributed by atoms with Crippen molar-refractivity contribution in [2.75, 3.05) is 5.32 Å². The maximum absolute atomic E-state index is 14.3. The first-order chi connectivity index (χ1) is 14.5. The third kappa shape index (κ3) is 4.31. The number of carbonyl (C=O) groups excluding carboxylic acids is 1. The third-order valence-electron chi connectivity index (χ3n) is 4.67. The van der Waals surface area contributed by atoms with E-state index in [2.05, 4.69) is 26.3 Å².